The monoisotopic (exact) mass is 203 g/mol. The van der Waals surface area contributed by atoms with Gasteiger partial charge >= 0.3 is 0 Å². The van der Waals surface area contributed by atoms with Crippen LogP contribution in [0.2, 0.25) is 0 Å². The average Bonchev–Trinajstić information content (AvgIpc) is 2.85. The van der Waals surface area contributed by atoms with Crippen LogP contribution in [0.3, 0.4) is 0 Å². The fourth-order valence-corrected chi connectivity index (χ4v) is 1.78. The lowest BCUT2D eigenvalue weighted by atomic mass is 10.1. The van der Waals surface area contributed by atoms with Gasteiger partial charge in [0.1, 0.15) is 0 Å². The molecule has 0 unspecified atom stereocenters. The molecule has 1 aliphatic rings. The number of benzene rings is 1. The molecule has 0 saturated carbocycles. The van der Waals surface area contributed by atoms with Crippen molar-refractivity contribution in [2.45, 2.75) is 33.1 Å². The van der Waals surface area contributed by atoms with Crippen LogP contribution in [0.4, 0.5) is 5.69 Å². The van der Waals surface area contributed by atoms with Crippen molar-refractivity contribution in [3.63, 3.8) is 0 Å². The Bertz CT molecular complexity index is 309. The second kappa shape index (κ2) is 6.28. The number of hydrogen-bond donors (Lipinski definition) is 1. The van der Waals surface area contributed by atoms with E-state index in [2.05, 4.69) is 35.7 Å². The van der Waals surface area contributed by atoms with Crippen molar-refractivity contribution < 1.29 is 0 Å². The fraction of sp³-hybridized carbons (Fsp3) is 0.429. The van der Waals surface area contributed by atoms with Crippen LogP contribution in [0, 0.1) is 0 Å². The van der Waals surface area contributed by atoms with E-state index in [0.29, 0.717) is 0 Å². The molecule has 0 radical (unpaired) electrons. The highest BCUT2D eigenvalue weighted by Crippen LogP contribution is 2.27. The van der Waals surface area contributed by atoms with Crippen LogP contribution in [-0.2, 0) is 0 Å². The molecule has 0 saturated heterocycles. The summed E-state index contributed by atoms with van der Waals surface area (Å²) in [6.07, 6.45) is 6.18. The quantitative estimate of drug-likeness (QED) is 0.754. The molecule has 0 bridgehead atoms. The summed E-state index contributed by atoms with van der Waals surface area (Å²) >= 11 is 0. The number of nitrogens with one attached hydrogen (secondary N) is 1. The molecule has 82 valence electrons. The minimum atomic E-state index is 1.18. The molecule has 2 rings (SSSR count). The third-order valence-electron chi connectivity index (χ3n) is 2.59. The average molecular weight is 203 g/mol. The lowest BCUT2D eigenvalue weighted by Crippen LogP contribution is -1.87. The van der Waals surface area contributed by atoms with Gasteiger partial charge in [-0.3, -0.25) is 0 Å². The second-order valence-electron chi connectivity index (χ2n) is 3.45. The van der Waals surface area contributed by atoms with Crippen LogP contribution in [0.25, 0.3) is 5.57 Å². The van der Waals surface area contributed by atoms with Crippen LogP contribution in [-0.4, -0.2) is 7.05 Å². The van der Waals surface area contributed by atoms with Gasteiger partial charge in [0.05, 0.1) is 0 Å². The Morgan fingerprint density at radius 1 is 1.07 bits per heavy atom. The molecule has 0 aromatic heterocycles. The van der Waals surface area contributed by atoms with Gasteiger partial charge in [0.25, 0.3) is 0 Å². The van der Waals surface area contributed by atoms with E-state index in [1.165, 1.54) is 36.1 Å². The summed E-state index contributed by atoms with van der Waals surface area (Å²) in [5.41, 5.74) is 4.08. The Labute approximate surface area is 93.2 Å². The predicted octanol–water partition coefficient (Wildman–Crippen LogP) is 4.32. The third kappa shape index (κ3) is 3.12. The Hall–Kier alpha value is -1.24. The summed E-state index contributed by atoms with van der Waals surface area (Å²) in [7, 11) is 1.95. The van der Waals surface area contributed by atoms with Crippen molar-refractivity contribution in [3.05, 3.63) is 35.9 Å². The van der Waals surface area contributed by atoms with E-state index in [1.54, 1.807) is 0 Å². The van der Waals surface area contributed by atoms with Gasteiger partial charge in [-0.15, -0.1) is 0 Å². The van der Waals surface area contributed by atoms with Crippen LogP contribution >= 0.6 is 0 Å². The lowest BCUT2D eigenvalue weighted by Gasteiger charge is -2.03. The molecule has 0 spiro atoms. The van der Waals surface area contributed by atoms with Gasteiger partial charge in [-0.1, -0.05) is 32.1 Å². The van der Waals surface area contributed by atoms with Crippen molar-refractivity contribution in [2.75, 3.05) is 12.4 Å². The summed E-state index contributed by atoms with van der Waals surface area (Å²) in [5, 5.41) is 3.13. The zero-order valence-electron chi connectivity index (χ0n) is 10.0. The highest BCUT2D eigenvalue weighted by Gasteiger charge is 2.05. The molecular formula is C14H21N. The number of hydrogen-bond acceptors (Lipinski definition) is 1. The van der Waals surface area contributed by atoms with E-state index < -0.39 is 0 Å². The van der Waals surface area contributed by atoms with E-state index in [0.717, 1.165) is 0 Å². The van der Waals surface area contributed by atoms with Gasteiger partial charge in [-0.2, -0.15) is 0 Å². The molecule has 15 heavy (non-hydrogen) atoms. The maximum Gasteiger partial charge on any atom is 0.0337 e. The van der Waals surface area contributed by atoms with E-state index in [-0.39, 0.29) is 0 Å². The molecule has 0 fully saturated rings. The summed E-state index contributed by atoms with van der Waals surface area (Å²) in [6, 6.07) is 8.66. The summed E-state index contributed by atoms with van der Waals surface area (Å²) in [5.74, 6) is 0. The molecule has 1 aliphatic carbocycles. The van der Waals surface area contributed by atoms with Crippen molar-refractivity contribution in [1.29, 1.82) is 0 Å². The SMILES string of the molecule is CC.CNc1ccc(C2=CCCC2)cc1. The van der Waals surface area contributed by atoms with Gasteiger partial charge in [0.2, 0.25) is 0 Å². The van der Waals surface area contributed by atoms with Gasteiger partial charge in [0.15, 0.2) is 0 Å². The molecular weight excluding hydrogens is 182 g/mol. The van der Waals surface area contributed by atoms with Crippen molar-refractivity contribution >= 4 is 11.3 Å². The van der Waals surface area contributed by atoms with E-state index in [1.807, 2.05) is 20.9 Å². The first-order valence-electron chi connectivity index (χ1n) is 5.87. The molecule has 0 atom stereocenters. The number of allylic oxidation sites excluding steroid dienone is 2. The number of anilines is 1. The highest BCUT2D eigenvalue weighted by molar-refractivity contribution is 5.68. The maximum atomic E-state index is 3.13. The predicted molar refractivity (Wildman–Crippen MR) is 69.2 cm³/mol. The summed E-state index contributed by atoms with van der Waals surface area (Å²) < 4.78 is 0. The fourth-order valence-electron chi connectivity index (χ4n) is 1.78. The van der Waals surface area contributed by atoms with Crippen LogP contribution in [0.1, 0.15) is 38.7 Å². The van der Waals surface area contributed by atoms with E-state index in [4.69, 9.17) is 0 Å². The highest BCUT2D eigenvalue weighted by atomic mass is 14.8. The molecule has 1 nitrogen and oxygen atoms in total. The minimum absolute atomic E-state index is 1.18. The maximum absolute atomic E-state index is 3.13. The largest absolute Gasteiger partial charge is 0.388 e. The molecule has 0 aliphatic heterocycles. The minimum Gasteiger partial charge on any atom is -0.388 e. The lowest BCUT2D eigenvalue weighted by molar-refractivity contribution is 0.935. The zero-order chi connectivity index (χ0) is 11.1. The Morgan fingerprint density at radius 3 is 2.20 bits per heavy atom. The standard InChI is InChI=1S/C12H15N.C2H6/c1-13-12-8-6-11(7-9-12)10-4-2-3-5-10;1-2/h4,6-9,13H,2-3,5H2,1H3;1-2H3. The van der Waals surface area contributed by atoms with Crippen LogP contribution in [0.5, 0.6) is 0 Å². The first-order chi connectivity index (χ1) is 7.40. The van der Waals surface area contributed by atoms with E-state index >= 15 is 0 Å². The number of rotatable bonds is 2. The molecule has 1 heteroatoms. The molecule has 1 N–H and O–H groups in total. The van der Waals surface area contributed by atoms with Gasteiger partial charge < -0.3 is 5.32 Å². The summed E-state index contributed by atoms with van der Waals surface area (Å²) in [4.78, 5) is 0. The smallest absolute Gasteiger partial charge is 0.0337 e. The third-order valence-corrected chi connectivity index (χ3v) is 2.59. The topological polar surface area (TPSA) is 12.0 Å². The molecule has 1 aromatic carbocycles. The Kier molecular flexibility index (Phi) is 4.96. The van der Waals surface area contributed by atoms with Gasteiger partial charge in [0, 0.05) is 12.7 Å². The first kappa shape index (κ1) is 11.8. The zero-order valence-corrected chi connectivity index (χ0v) is 10.0. The van der Waals surface area contributed by atoms with Crippen molar-refractivity contribution in [2.24, 2.45) is 0 Å². The Morgan fingerprint density at radius 2 is 1.73 bits per heavy atom. The first-order valence-corrected chi connectivity index (χ1v) is 5.87. The molecule has 0 amide bonds. The van der Waals surface area contributed by atoms with Crippen LogP contribution in [0.15, 0.2) is 30.3 Å². The van der Waals surface area contributed by atoms with Gasteiger partial charge in [-0.05, 0) is 42.5 Å². The van der Waals surface area contributed by atoms with Crippen molar-refractivity contribution in [1.82, 2.24) is 0 Å². The Balaban J connectivity index is 0.000000531. The van der Waals surface area contributed by atoms with Crippen molar-refractivity contribution in [3.8, 4) is 0 Å². The van der Waals surface area contributed by atoms with Crippen LogP contribution < -0.4 is 5.32 Å². The summed E-state index contributed by atoms with van der Waals surface area (Å²) in [6.45, 7) is 4.00. The van der Waals surface area contributed by atoms with E-state index in [9.17, 15) is 0 Å². The second-order valence-corrected chi connectivity index (χ2v) is 3.45. The van der Waals surface area contributed by atoms with Gasteiger partial charge in [-0.25, -0.2) is 0 Å². The molecule has 0 heterocycles. The normalized spacial score (nSPS) is 13.9. The molecule has 1 aromatic rings.